The number of benzene rings is 1. The largest absolute Gasteiger partial charge is 0.497 e. The standard InChI is InChI=1S/C10H9BrO3/c1-14-8-4-2-7(3-5-8)9(11)6-10(12)13/h2-6H,1H3,(H,12,13)/b9-6-. The molecule has 0 heterocycles. The monoisotopic (exact) mass is 256 g/mol. The molecule has 0 amide bonds. The molecule has 0 fully saturated rings. The number of halogens is 1. The Labute approximate surface area is 90.1 Å². The van der Waals surface area contributed by atoms with Crippen LogP contribution >= 0.6 is 15.9 Å². The van der Waals surface area contributed by atoms with Gasteiger partial charge in [-0.25, -0.2) is 4.79 Å². The van der Waals surface area contributed by atoms with Gasteiger partial charge in [-0.2, -0.15) is 0 Å². The molecule has 1 aromatic rings. The highest BCUT2D eigenvalue weighted by Gasteiger charge is 2.00. The summed E-state index contributed by atoms with van der Waals surface area (Å²) in [5.41, 5.74) is 0.799. The molecule has 1 rings (SSSR count). The van der Waals surface area contributed by atoms with Crippen molar-refractivity contribution in [2.24, 2.45) is 0 Å². The molecule has 0 bridgehead atoms. The molecular weight excluding hydrogens is 248 g/mol. The van der Waals surface area contributed by atoms with Crippen LogP contribution in [0.15, 0.2) is 30.3 Å². The Balaban J connectivity index is 2.92. The average Bonchev–Trinajstić information content (AvgIpc) is 2.17. The minimum atomic E-state index is -0.979. The van der Waals surface area contributed by atoms with E-state index < -0.39 is 5.97 Å². The topological polar surface area (TPSA) is 46.5 Å². The van der Waals surface area contributed by atoms with Crippen molar-refractivity contribution < 1.29 is 14.6 Å². The normalized spacial score (nSPS) is 11.1. The molecule has 0 radical (unpaired) electrons. The maximum absolute atomic E-state index is 10.4. The molecule has 0 saturated heterocycles. The zero-order valence-corrected chi connectivity index (χ0v) is 9.11. The Morgan fingerprint density at radius 3 is 2.43 bits per heavy atom. The predicted molar refractivity (Wildman–Crippen MR) is 57.5 cm³/mol. The van der Waals surface area contributed by atoms with Crippen molar-refractivity contribution >= 4 is 26.4 Å². The molecule has 0 aliphatic heterocycles. The Morgan fingerprint density at radius 2 is 2.00 bits per heavy atom. The Kier molecular flexibility index (Phi) is 3.71. The van der Waals surface area contributed by atoms with Crippen LogP contribution in [-0.4, -0.2) is 18.2 Å². The third kappa shape index (κ3) is 2.88. The van der Waals surface area contributed by atoms with Crippen LogP contribution in [0.1, 0.15) is 5.56 Å². The van der Waals surface area contributed by atoms with Crippen molar-refractivity contribution in [1.29, 1.82) is 0 Å². The number of rotatable bonds is 3. The number of carboxylic acid groups (broad SMARTS) is 1. The fourth-order valence-electron chi connectivity index (χ4n) is 0.942. The number of aliphatic carboxylic acids is 1. The smallest absolute Gasteiger partial charge is 0.329 e. The van der Waals surface area contributed by atoms with Crippen molar-refractivity contribution in [3.05, 3.63) is 35.9 Å². The summed E-state index contributed by atoms with van der Waals surface area (Å²) in [6, 6.07) is 7.10. The van der Waals surface area contributed by atoms with Crippen molar-refractivity contribution in [2.45, 2.75) is 0 Å². The van der Waals surface area contributed by atoms with Crippen LogP contribution in [0, 0.1) is 0 Å². The SMILES string of the molecule is COc1ccc(/C(Br)=C/C(=O)O)cc1. The summed E-state index contributed by atoms with van der Waals surface area (Å²) in [5.74, 6) is -0.239. The summed E-state index contributed by atoms with van der Waals surface area (Å²) < 4.78 is 5.51. The van der Waals surface area contributed by atoms with Crippen LogP contribution in [0.4, 0.5) is 0 Å². The molecule has 1 N–H and O–H groups in total. The maximum atomic E-state index is 10.4. The van der Waals surface area contributed by atoms with Gasteiger partial charge in [0.2, 0.25) is 0 Å². The molecule has 3 nitrogen and oxygen atoms in total. The third-order valence-corrected chi connectivity index (χ3v) is 2.30. The highest BCUT2D eigenvalue weighted by Crippen LogP contribution is 2.23. The number of ether oxygens (including phenoxy) is 1. The molecule has 0 aliphatic rings. The Hall–Kier alpha value is -1.29. The average molecular weight is 257 g/mol. The lowest BCUT2D eigenvalue weighted by atomic mass is 10.2. The first kappa shape index (κ1) is 10.8. The fourth-order valence-corrected chi connectivity index (χ4v) is 1.40. The number of hydrogen-bond acceptors (Lipinski definition) is 2. The van der Waals surface area contributed by atoms with Crippen LogP contribution < -0.4 is 4.74 Å². The summed E-state index contributed by atoms with van der Waals surface area (Å²) in [6.45, 7) is 0. The van der Waals surface area contributed by atoms with Crippen molar-refractivity contribution in [3.63, 3.8) is 0 Å². The molecule has 74 valence electrons. The summed E-state index contributed by atoms with van der Waals surface area (Å²) in [5, 5.41) is 8.51. The van der Waals surface area contributed by atoms with Crippen molar-refractivity contribution in [3.8, 4) is 5.75 Å². The zero-order valence-electron chi connectivity index (χ0n) is 7.53. The first-order valence-corrected chi connectivity index (χ1v) is 4.67. The Morgan fingerprint density at radius 1 is 1.43 bits per heavy atom. The van der Waals surface area contributed by atoms with E-state index in [1.165, 1.54) is 0 Å². The van der Waals surface area contributed by atoms with Gasteiger partial charge in [0.1, 0.15) is 5.75 Å². The molecule has 0 unspecified atom stereocenters. The molecule has 0 aliphatic carbocycles. The molecule has 4 heteroatoms. The van der Waals surface area contributed by atoms with Gasteiger partial charge in [-0.3, -0.25) is 0 Å². The van der Waals surface area contributed by atoms with Gasteiger partial charge in [0.25, 0.3) is 0 Å². The second kappa shape index (κ2) is 4.81. The van der Waals surface area contributed by atoms with Gasteiger partial charge in [-0.05, 0) is 33.6 Å². The van der Waals surface area contributed by atoms with Gasteiger partial charge in [-0.1, -0.05) is 12.1 Å². The van der Waals surface area contributed by atoms with Gasteiger partial charge >= 0.3 is 5.97 Å². The van der Waals surface area contributed by atoms with Gasteiger partial charge < -0.3 is 9.84 Å². The molecule has 0 saturated carbocycles. The molecule has 1 aromatic carbocycles. The first-order chi connectivity index (χ1) is 6.63. The van der Waals surface area contributed by atoms with Crippen LogP contribution in [0.5, 0.6) is 5.75 Å². The molecular formula is C10H9BrO3. The van der Waals surface area contributed by atoms with Crippen LogP contribution in [0.2, 0.25) is 0 Å². The Bertz CT molecular complexity index is 354. The lowest BCUT2D eigenvalue weighted by Gasteiger charge is -2.01. The van der Waals surface area contributed by atoms with Crippen molar-refractivity contribution in [1.82, 2.24) is 0 Å². The molecule has 0 atom stereocenters. The van der Waals surface area contributed by atoms with Crippen LogP contribution in [-0.2, 0) is 4.79 Å². The summed E-state index contributed by atoms with van der Waals surface area (Å²) in [4.78, 5) is 10.4. The van der Waals surface area contributed by atoms with E-state index in [1.807, 2.05) is 0 Å². The summed E-state index contributed by atoms with van der Waals surface area (Å²) in [6.07, 6.45) is 1.10. The lowest BCUT2D eigenvalue weighted by Crippen LogP contribution is -1.88. The van der Waals surface area contributed by atoms with Gasteiger partial charge in [0.15, 0.2) is 0 Å². The quantitative estimate of drug-likeness (QED) is 0.846. The summed E-state index contributed by atoms with van der Waals surface area (Å²) in [7, 11) is 1.58. The van der Waals surface area contributed by atoms with E-state index in [1.54, 1.807) is 31.4 Å². The predicted octanol–water partition coefficient (Wildman–Crippen LogP) is 2.52. The van der Waals surface area contributed by atoms with Gasteiger partial charge in [-0.15, -0.1) is 0 Å². The highest BCUT2D eigenvalue weighted by molar-refractivity contribution is 9.15. The molecule has 0 spiro atoms. The third-order valence-electron chi connectivity index (χ3n) is 1.62. The van der Waals surface area contributed by atoms with E-state index in [0.29, 0.717) is 4.48 Å². The first-order valence-electron chi connectivity index (χ1n) is 3.88. The number of methoxy groups -OCH3 is 1. The lowest BCUT2D eigenvalue weighted by molar-refractivity contribution is -0.131. The van der Waals surface area contributed by atoms with Crippen LogP contribution in [0.3, 0.4) is 0 Å². The van der Waals surface area contributed by atoms with E-state index in [2.05, 4.69) is 15.9 Å². The second-order valence-corrected chi connectivity index (χ2v) is 3.41. The van der Waals surface area contributed by atoms with Crippen molar-refractivity contribution in [2.75, 3.05) is 7.11 Å². The minimum absolute atomic E-state index is 0.535. The zero-order chi connectivity index (χ0) is 10.6. The summed E-state index contributed by atoms with van der Waals surface area (Å²) >= 11 is 3.17. The van der Waals surface area contributed by atoms with Gasteiger partial charge in [0, 0.05) is 10.6 Å². The van der Waals surface area contributed by atoms with E-state index in [4.69, 9.17) is 9.84 Å². The van der Waals surface area contributed by atoms with E-state index >= 15 is 0 Å². The van der Waals surface area contributed by atoms with Crippen LogP contribution in [0.25, 0.3) is 4.48 Å². The minimum Gasteiger partial charge on any atom is -0.497 e. The van der Waals surface area contributed by atoms with E-state index in [-0.39, 0.29) is 0 Å². The van der Waals surface area contributed by atoms with E-state index in [0.717, 1.165) is 17.4 Å². The fraction of sp³-hybridized carbons (Fsp3) is 0.100. The second-order valence-electron chi connectivity index (χ2n) is 2.56. The van der Waals surface area contributed by atoms with E-state index in [9.17, 15) is 4.79 Å². The molecule has 0 aromatic heterocycles. The maximum Gasteiger partial charge on any atom is 0.329 e. The highest BCUT2D eigenvalue weighted by atomic mass is 79.9. The number of carboxylic acids is 1. The number of hydrogen-bond donors (Lipinski definition) is 1. The molecule has 14 heavy (non-hydrogen) atoms. The number of carbonyl (C=O) groups is 1. The van der Waals surface area contributed by atoms with Gasteiger partial charge in [0.05, 0.1) is 7.11 Å².